The van der Waals surface area contributed by atoms with Crippen molar-refractivity contribution in [1.82, 2.24) is 4.31 Å². The lowest BCUT2D eigenvalue weighted by molar-refractivity contribution is 0.221. The maximum absolute atomic E-state index is 13.1. The lowest BCUT2D eigenvalue weighted by Crippen LogP contribution is -2.36. The van der Waals surface area contributed by atoms with Gasteiger partial charge in [-0.1, -0.05) is 43.4 Å². The Bertz CT molecular complexity index is 745. The van der Waals surface area contributed by atoms with Crippen LogP contribution >= 0.6 is 0 Å². The molecule has 0 fully saturated rings. The highest BCUT2D eigenvalue weighted by Gasteiger charge is 2.31. The van der Waals surface area contributed by atoms with Gasteiger partial charge in [0.2, 0.25) is 0 Å². The minimum absolute atomic E-state index is 0.290. The molecular weight excluding hydrogens is 322 g/mol. The summed E-state index contributed by atoms with van der Waals surface area (Å²) in [4.78, 5) is 0.294. The largest absolute Gasteiger partial charge is 0.492 e. The summed E-state index contributed by atoms with van der Waals surface area (Å²) >= 11 is 0. The van der Waals surface area contributed by atoms with Crippen LogP contribution in [0.2, 0.25) is 0 Å². The molecule has 1 aromatic carbocycles. The normalized spacial score (nSPS) is 19.0. The standard InChI is InChI=1S/C19H25NO3S/c1-5-7-19(23-6-2)18-14-16(4)12-13-20(18)24(21,22)17-10-8-15(3)9-11-17/h5,7-11,14,16H,1,6,12-13H2,2-4H3/b19-7+. The van der Waals surface area contributed by atoms with Gasteiger partial charge >= 0.3 is 0 Å². The van der Waals surface area contributed by atoms with E-state index >= 15 is 0 Å². The Hall–Kier alpha value is -2.01. The fraction of sp³-hybridized carbons (Fsp3) is 0.368. The Morgan fingerprint density at radius 2 is 2.04 bits per heavy atom. The molecule has 4 nitrogen and oxygen atoms in total. The molecule has 1 unspecified atom stereocenters. The maximum atomic E-state index is 13.1. The van der Waals surface area contributed by atoms with Gasteiger partial charge < -0.3 is 4.74 Å². The first kappa shape index (κ1) is 18.3. The van der Waals surface area contributed by atoms with Crippen LogP contribution in [0.25, 0.3) is 0 Å². The number of hydrogen-bond donors (Lipinski definition) is 0. The van der Waals surface area contributed by atoms with Crippen molar-refractivity contribution in [3.63, 3.8) is 0 Å². The van der Waals surface area contributed by atoms with Crippen molar-refractivity contribution in [1.29, 1.82) is 0 Å². The molecule has 5 heteroatoms. The van der Waals surface area contributed by atoms with Gasteiger partial charge in [0, 0.05) is 6.54 Å². The summed E-state index contributed by atoms with van der Waals surface area (Å²) < 4.78 is 33.3. The number of hydrogen-bond acceptors (Lipinski definition) is 3. The van der Waals surface area contributed by atoms with Gasteiger partial charge in [-0.15, -0.1) is 0 Å². The first-order valence-electron chi connectivity index (χ1n) is 8.17. The predicted molar refractivity (Wildman–Crippen MR) is 96.8 cm³/mol. The third kappa shape index (κ3) is 3.90. The quantitative estimate of drug-likeness (QED) is 0.577. The van der Waals surface area contributed by atoms with E-state index in [1.807, 2.05) is 32.1 Å². The highest BCUT2D eigenvalue weighted by atomic mass is 32.2. The van der Waals surface area contributed by atoms with Crippen molar-refractivity contribution in [2.45, 2.75) is 32.1 Å². The zero-order chi connectivity index (χ0) is 17.7. The van der Waals surface area contributed by atoms with Crippen molar-refractivity contribution in [3.8, 4) is 0 Å². The van der Waals surface area contributed by atoms with E-state index in [-0.39, 0.29) is 5.92 Å². The van der Waals surface area contributed by atoms with E-state index in [4.69, 9.17) is 4.74 Å². The predicted octanol–water partition coefficient (Wildman–Crippen LogP) is 4.02. The third-order valence-corrected chi connectivity index (χ3v) is 5.76. The van der Waals surface area contributed by atoms with Gasteiger partial charge in [0.1, 0.15) is 5.76 Å². The highest BCUT2D eigenvalue weighted by molar-refractivity contribution is 7.89. The van der Waals surface area contributed by atoms with Crippen LogP contribution in [0.4, 0.5) is 0 Å². The molecule has 0 aliphatic carbocycles. The molecule has 0 aromatic heterocycles. The van der Waals surface area contributed by atoms with E-state index in [1.54, 1.807) is 24.3 Å². The lowest BCUT2D eigenvalue weighted by atomic mass is 10.0. The van der Waals surface area contributed by atoms with E-state index in [0.717, 1.165) is 12.0 Å². The van der Waals surface area contributed by atoms with Crippen LogP contribution in [-0.4, -0.2) is 25.9 Å². The Labute approximate surface area is 145 Å². The molecule has 130 valence electrons. The SMILES string of the molecule is C=C/C=C(/OCC)C1=CC(C)CCN1S(=O)(=O)c1ccc(C)cc1. The summed E-state index contributed by atoms with van der Waals surface area (Å²) in [7, 11) is -3.62. The molecule has 0 bridgehead atoms. The van der Waals surface area contributed by atoms with Crippen molar-refractivity contribution in [2.24, 2.45) is 5.92 Å². The second-order valence-electron chi connectivity index (χ2n) is 5.91. The topological polar surface area (TPSA) is 46.6 Å². The van der Waals surface area contributed by atoms with Crippen LogP contribution in [0.5, 0.6) is 0 Å². The summed E-state index contributed by atoms with van der Waals surface area (Å²) in [6.45, 7) is 10.5. The molecule has 1 heterocycles. The third-order valence-electron chi connectivity index (χ3n) is 3.93. The summed E-state index contributed by atoms with van der Waals surface area (Å²) in [5, 5.41) is 0. The van der Waals surface area contributed by atoms with Gasteiger partial charge in [-0.2, -0.15) is 0 Å². The number of ether oxygens (including phenoxy) is 1. The van der Waals surface area contributed by atoms with E-state index < -0.39 is 10.0 Å². The Balaban J connectivity index is 2.49. The fourth-order valence-corrected chi connectivity index (χ4v) is 4.13. The number of benzene rings is 1. The second kappa shape index (κ2) is 7.71. The molecule has 0 radical (unpaired) electrons. The molecule has 1 aromatic rings. The summed E-state index contributed by atoms with van der Waals surface area (Å²) in [6, 6.07) is 6.92. The smallest absolute Gasteiger partial charge is 0.264 e. The summed E-state index contributed by atoms with van der Waals surface area (Å²) in [6.07, 6.45) is 6.06. The number of rotatable bonds is 6. The minimum Gasteiger partial charge on any atom is -0.492 e. The molecular formula is C19H25NO3S. The Morgan fingerprint density at radius 3 is 2.62 bits per heavy atom. The molecule has 1 aliphatic heterocycles. The van der Waals surface area contributed by atoms with Gasteiger partial charge in [-0.25, -0.2) is 8.42 Å². The first-order chi connectivity index (χ1) is 11.4. The number of aryl methyl sites for hydroxylation is 1. The molecule has 0 amide bonds. The Morgan fingerprint density at radius 1 is 1.38 bits per heavy atom. The van der Waals surface area contributed by atoms with Gasteiger partial charge in [-0.3, -0.25) is 4.31 Å². The molecule has 24 heavy (non-hydrogen) atoms. The molecule has 0 spiro atoms. The molecule has 0 saturated carbocycles. The lowest BCUT2D eigenvalue weighted by Gasteiger charge is -2.33. The van der Waals surface area contributed by atoms with E-state index in [9.17, 15) is 8.42 Å². The van der Waals surface area contributed by atoms with Crippen LogP contribution < -0.4 is 0 Å². The van der Waals surface area contributed by atoms with Crippen molar-refractivity contribution < 1.29 is 13.2 Å². The van der Waals surface area contributed by atoms with Gasteiger partial charge in [-0.05, 0) is 44.4 Å². The van der Waals surface area contributed by atoms with E-state index in [0.29, 0.717) is 29.5 Å². The number of sulfonamides is 1. The summed E-state index contributed by atoms with van der Waals surface area (Å²) in [5.74, 6) is 0.827. The zero-order valence-electron chi connectivity index (χ0n) is 14.5. The van der Waals surface area contributed by atoms with Crippen molar-refractivity contribution in [3.05, 3.63) is 66.1 Å². The van der Waals surface area contributed by atoms with Crippen molar-refractivity contribution in [2.75, 3.05) is 13.2 Å². The second-order valence-corrected chi connectivity index (χ2v) is 7.77. The van der Waals surface area contributed by atoms with Gasteiger partial charge in [0.25, 0.3) is 10.0 Å². The molecule has 0 N–H and O–H groups in total. The maximum Gasteiger partial charge on any atom is 0.264 e. The molecule has 1 atom stereocenters. The molecule has 2 rings (SSSR count). The van der Waals surface area contributed by atoms with Crippen LogP contribution in [0.3, 0.4) is 0 Å². The Kier molecular flexibility index (Phi) is 5.89. The van der Waals surface area contributed by atoms with E-state index in [1.165, 1.54) is 4.31 Å². The fourth-order valence-electron chi connectivity index (χ4n) is 2.64. The van der Waals surface area contributed by atoms with Gasteiger partial charge in [0.05, 0.1) is 17.2 Å². The van der Waals surface area contributed by atoms with Crippen LogP contribution in [0.1, 0.15) is 25.8 Å². The van der Waals surface area contributed by atoms with Crippen LogP contribution in [-0.2, 0) is 14.8 Å². The molecule has 1 aliphatic rings. The first-order valence-corrected chi connectivity index (χ1v) is 9.61. The van der Waals surface area contributed by atoms with Gasteiger partial charge in [0.15, 0.2) is 0 Å². The van der Waals surface area contributed by atoms with Crippen molar-refractivity contribution >= 4 is 10.0 Å². The zero-order valence-corrected chi connectivity index (χ0v) is 15.3. The highest BCUT2D eigenvalue weighted by Crippen LogP contribution is 2.31. The molecule has 0 saturated heterocycles. The monoisotopic (exact) mass is 347 g/mol. The van der Waals surface area contributed by atoms with Crippen LogP contribution in [0, 0.1) is 12.8 Å². The number of allylic oxidation sites excluding steroid dienone is 3. The number of nitrogens with zero attached hydrogens (tertiary/aromatic N) is 1. The minimum atomic E-state index is -3.62. The average molecular weight is 347 g/mol. The summed E-state index contributed by atoms with van der Waals surface area (Å²) in [5.41, 5.74) is 1.62. The average Bonchev–Trinajstić information content (AvgIpc) is 2.54. The van der Waals surface area contributed by atoms with E-state index in [2.05, 4.69) is 13.5 Å². The van der Waals surface area contributed by atoms with Crippen LogP contribution in [0.15, 0.2) is 65.4 Å².